The Morgan fingerprint density at radius 2 is 1.93 bits per heavy atom. The van der Waals surface area contributed by atoms with Gasteiger partial charge in [-0.25, -0.2) is 4.79 Å². The van der Waals surface area contributed by atoms with Gasteiger partial charge in [-0.05, 0) is 80.2 Å². The zero-order valence-corrected chi connectivity index (χ0v) is 17.3. The third kappa shape index (κ3) is 3.37. The summed E-state index contributed by atoms with van der Waals surface area (Å²) >= 11 is 0. The minimum atomic E-state index is -0.571. The van der Waals surface area contributed by atoms with Gasteiger partial charge in [0.1, 0.15) is 0 Å². The van der Waals surface area contributed by atoms with Gasteiger partial charge in [0.2, 0.25) is 0 Å². The van der Waals surface area contributed by atoms with Crippen LogP contribution in [0.4, 0.5) is 4.79 Å². The molecule has 1 amide bonds. The topological polar surface area (TPSA) is 67.4 Å². The maximum absolute atomic E-state index is 13.4. The summed E-state index contributed by atoms with van der Waals surface area (Å²) in [6.07, 6.45) is 7.40. The van der Waals surface area contributed by atoms with Crippen LogP contribution in [0.1, 0.15) is 63.9 Å². The number of amides is 1. The lowest BCUT2D eigenvalue weighted by Crippen LogP contribution is -2.61. The smallest absolute Gasteiger partial charge is 0.376 e. The van der Waals surface area contributed by atoms with Crippen LogP contribution in [0, 0.1) is 16.7 Å². The Bertz CT molecular complexity index is 806. The van der Waals surface area contributed by atoms with Crippen molar-refractivity contribution >= 4 is 12.1 Å². The quantitative estimate of drug-likeness (QED) is 0.600. The van der Waals surface area contributed by atoms with Crippen molar-refractivity contribution in [3.8, 4) is 0 Å². The van der Waals surface area contributed by atoms with E-state index in [1.807, 2.05) is 0 Å². The van der Waals surface area contributed by atoms with E-state index in [4.69, 9.17) is 4.74 Å². The molecule has 4 aliphatic carbocycles. The lowest BCUT2D eigenvalue weighted by Gasteiger charge is -2.65. The monoisotopic (exact) mass is 396 g/mol. The fourth-order valence-corrected chi connectivity index (χ4v) is 7.63. The molecule has 1 aromatic carbocycles. The molecule has 4 saturated carbocycles. The van der Waals surface area contributed by atoms with Crippen LogP contribution < -0.4 is 10.6 Å². The molecule has 0 spiro atoms. The van der Waals surface area contributed by atoms with Crippen molar-refractivity contribution in [2.75, 3.05) is 13.1 Å². The summed E-state index contributed by atoms with van der Waals surface area (Å²) in [5.41, 5.74) is 1.02. The first-order valence-corrected chi connectivity index (χ1v) is 11.2. The molecule has 1 heterocycles. The molecule has 29 heavy (non-hydrogen) atoms. The number of piperidine rings is 1. The molecular formula is C24H32N2O3. The van der Waals surface area contributed by atoms with E-state index in [2.05, 4.69) is 47.9 Å². The number of carbonyl (C=O) groups excluding carboxylic acids is 2. The normalized spacial score (nSPS) is 40.4. The fourth-order valence-electron chi connectivity index (χ4n) is 7.63. The first-order valence-electron chi connectivity index (χ1n) is 11.2. The minimum Gasteiger partial charge on any atom is -0.376 e. The van der Waals surface area contributed by atoms with E-state index in [0.29, 0.717) is 5.92 Å². The van der Waals surface area contributed by atoms with Gasteiger partial charge in [0.15, 0.2) is 0 Å². The van der Waals surface area contributed by atoms with Crippen molar-refractivity contribution in [2.45, 2.75) is 69.7 Å². The van der Waals surface area contributed by atoms with Crippen molar-refractivity contribution < 1.29 is 14.3 Å². The summed E-state index contributed by atoms with van der Waals surface area (Å²) in [7, 11) is 0. The second kappa shape index (κ2) is 6.83. The highest BCUT2D eigenvalue weighted by Crippen LogP contribution is 2.70. The van der Waals surface area contributed by atoms with E-state index in [0.717, 1.165) is 58.0 Å². The van der Waals surface area contributed by atoms with Gasteiger partial charge in [-0.15, -0.1) is 0 Å². The molecule has 0 aromatic heterocycles. The van der Waals surface area contributed by atoms with E-state index >= 15 is 0 Å². The number of alkyl carbamates (subject to hydrolysis) is 1. The number of rotatable bonds is 3. The molecule has 2 N–H and O–H groups in total. The molecule has 1 aliphatic heterocycles. The van der Waals surface area contributed by atoms with Crippen molar-refractivity contribution in [2.24, 2.45) is 16.7 Å². The third-order valence-electron chi connectivity index (χ3n) is 7.97. The molecule has 1 aromatic rings. The molecule has 156 valence electrons. The molecule has 6 rings (SSSR count). The average molecular weight is 397 g/mol. The van der Waals surface area contributed by atoms with Crippen LogP contribution in [0.5, 0.6) is 0 Å². The summed E-state index contributed by atoms with van der Waals surface area (Å²) < 4.78 is 5.45. The summed E-state index contributed by atoms with van der Waals surface area (Å²) in [5.74, 6) is 0.240. The van der Waals surface area contributed by atoms with Gasteiger partial charge in [0.05, 0.1) is 5.41 Å². The van der Waals surface area contributed by atoms with Crippen LogP contribution >= 0.6 is 0 Å². The summed E-state index contributed by atoms with van der Waals surface area (Å²) in [4.78, 5) is 25.8. The van der Waals surface area contributed by atoms with Gasteiger partial charge in [0.25, 0.3) is 0 Å². The number of ether oxygens (including phenoxy) is 1. The molecular weight excluding hydrogens is 364 g/mol. The third-order valence-corrected chi connectivity index (χ3v) is 7.97. The second-order valence-electron chi connectivity index (χ2n) is 10.6. The Morgan fingerprint density at radius 1 is 1.10 bits per heavy atom. The second-order valence-corrected chi connectivity index (χ2v) is 10.6. The number of esters is 1. The zero-order chi connectivity index (χ0) is 20.1. The van der Waals surface area contributed by atoms with Crippen molar-refractivity contribution in [1.29, 1.82) is 0 Å². The van der Waals surface area contributed by atoms with Gasteiger partial charge in [-0.1, -0.05) is 37.3 Å². The highest BCUT2D eigenvalue weighted by atomic mass is 16.6. The Hall–Kier alpha value is -1.88. The van der Waals surface area contributed by atoms with Crippen LogP contribution in [0.2, 0.25) is 0 Å². The maximum Gasteiger partial charge on any atom is 0.415 e. The zero-order valence-electron chi connectivity index (χ0n) is 17.3. The number of hydrogen-bond donors (Lipinski definition) is 2. The van der Waals surface area contributed by atoms with Gasteiger partial charge < -0.3 is 15.4 Å². The van der Waals surface area contributed by atoms with Crippen molar-refractivity contribution in [3.05, 3.63) is 35.9 Å². The molecule has 5 nitrogen and oxygen atoms in total. The molecule has 1 saturated heterocycles. The fraction of sp³-hybridized carbons (Fsp3) is 0.667. The lowest BCUT2D eigenvalue weighted by molar-refractivity contribution is -0.177. The van der Waals surface area contributed by atoms with Crippen LogP contribution in [-0.2, 0) is 14.9 Å². The highest BCUT2D eigenvalue weighted by molar-refractivity contribution is 5.89. The van der Waals surface area contributed by atoms with Gasteiger partial charge >= 0.3 is 12.1 Å². The number of carbonyl (C=O) groups is 2. The standard InChI is InChI=1S/C24H32N2O3/c1-22-10-17-11-23(14-22,18-6-3-2-4-7-18)16-24(12-17,15-22)20(27)29-21(28)26-19-8-5-9-25-13-19/h2-4,6-7,17,19,25H,5,8-16H2,1H3,(H,26,28)/t17-,19-,22-,23-,24-/m0/s1. The highest BCUT2D eigenvalue weighted by Gasteiger charge is 2.65. The van der Waals surface area contributed by atoms with E-state index in [9.17, 15) is 9.59 Å². The Kier molecular flexibility index (Phi) is 4.50. The Labute approximate surface area is 173 Å². The number of nitrogens with one attached hydrogen (secondary N) is 2. The van der Waals surface area contributed by atoms with E-state index in [1.54, 1.807) is 0 Å². The molecule has 4 bridgehead atoms. The largest absolute Gasteiger partial charge is 0.415 e. The minimum absolute atomic E-state index is 0.0399. The molecule has 5 fully saturated rings. The predicted molar refractivity (Wildman–Crippen MR) is 110 cm³/mol. The van der Waals surface area contributed by atoms with Crippen LogP contribution in [0.3, 0.4) is 0 Å². The Balaban J connectivity index is 1.36. The van der Waals surface area contributed by atoms with Crippen molar-refractivity contribution in [1.82, 2.24) is 10.6 Å². The molecule has 0 radical (unpaired) electrons. The summed E-state index contributed by atoms with van der Waals surface area (Å²) in [6, 6.07) is 10.8. The first kappa shape index (κ1) is 19.1. The lowest BCUT2D eigenvalue weighted by atomic mass is 9.39. The number of benzene rings is 1. The van der Waals surface area contributed by atoms with Crippen LogP contribution in [0.15, 0.2) is 30.3 Å². The van der Waals surface area contributed by atoms with Gasteiger partial charge in [-0.3, -0.25) is 4.79 Å². The van der Waals surface area contributed by atoms with Crippen LogP contribution in [-0.4, -0.2) is 31.2 Å². The number of hydrogen-bond acceptors (Lipinski definition) is 4. The molecule has 5 aliphatic rings. The predicted octanol–water partition coefficient (Wildman–Crippen LogP) is 3.92. The maximum atomic E-state index is 13.4. The SMILES string of the molecule is C[C@@]12C[C@@H]3C[C@](C(=O)OC(=O)N[C@H]4CCCNC4)(C1)C[C@](c1ccccc1)(C3)C2. The first-order chi connectivity index (χ1) is 13.9. The van der Waals surface area contributed by atoms with Gasteiger partial charge in [-0.2, -0.15) is 0 Å². The van der Waals surface area contributed by atoms with Crippen LogP contribution in [0.25, 0.3) is 0 Å². The summed E-state index contributed by atoms with van der Waals surface area (Å²) in [5, 5.41) is 6.16. The summed E-state index contributed by atoms with van der Waals surface area (Å²) in [6.45, 7) is 4.06. The van der Waals surface area contributed by atoms with Gasteiger partial charge in [0, 0.05) is 12.6 Å². The Morgan fingerprint density at radius 3 is 2.66 bits per heavy atom. The van der Waals surface area contributed by atoms with Crippen molar-refractivity contribution in [3.63, 3.8) is 0 Å². The van der Waals surface area contributed by atoms with E-state index < -0.39 is 11.5 Å². The van der Waals surface area contributed by atoms with E-state index in [-0.39, 0.29) is 22.8 Å². The average Bonchev–Trinajstić information content (AvgIpc) is 2.67. The molecule has 5 heteroatoms. The van der Waals surface area contributed by atoms with E-state index in [1.165, 1.54) is 12.0 Å². The molecule has 5 atom stereocenters. The molecule has 0 unspecified atom stereocenters.